The molecular formula is C7H6N2O2S. The van der Waals surface area contributed by atoms with Crippen LogP contribution in [0, 0.1) is 18.3 Å². The highest BCUT2D eigenvalue weighted by Crippen LogP contribution is 2.16. The number of carbonyl (C=O) groups excluding carboxylic acids is 1. The number of ether oxygens (including phenoxy) is 1. The van der Waals surface area contributed by atoms with E-state index in [0.717, 1.165) is 0 Å². The molecule has 0 N–H and O–H groups in total. The normalized spacial score (nSPS) is 9.08. The summed E-state index contributed by atoms with van der Waals surface area (Å²) in [6, 6.07) is 1.89. The first-order valence-corrected chi connectivity index (χ1v) is 3.96. The summed E-state index contributed by atoms with van der Waals surface area (Å²) in [5.41, 5.74) is 0.113. The van der Waals surface area contributed by atoms with Crippen LogP contribution < -0.4 is 0 Å². The Morgan fingerprint density at radius 3 is 2.92 bits per heavy atom. The minimum atomic E-state index is -0.559. The van der Waals surface area contributed by atoms with Gasteiger partial charge in [0.05, 0.1) is 12.1 Å². The molecule has 0 spiro atoms. The van der Waals surface area contributed by atoms with Crippen LogP contribution in [0.3, 0.4) is 0 Å². The van der Waals surface area contributed by atoms with Gasteiger partial charge < -0.3 is 4.74 Å². The number of nitrogens with zero attached hydrogens (tertiary/aromatic N) is 2. The molecule has 12 heavy (non-hydrogen) atoms. The van der Waals surface area contributed by atoms with Crippen molar-refractivity contribution in [1.82, 2.24) is 4.98 Å². The molecule has 0 bridgehead atoms. The van der Waals surface area contributed by atoms with Crippen molar-refractivity contribution in [3.05, 3.63) is 15.6 Å². The lowest BCUT2D eigenvalue weighted by atomic mass is 10.4. The lowest BCUT2D eigenvalue weighted by Crippen LogP contribution is -2.03. The molecule has 1 aromatic heterocycles. The van der Waals surface area contributed by atoms with E-state index >= 15 is 0 Å². The number of nitriles is 1. The number of hydrogen-bond donors (Lipinski definition) is 0. The van der Waals surface area contributed by atoms with Crippen LogP contribution in [0.5, 0.6) is 0 Å². The van der Waals surface area contributed by atoms with Gasteiger partial charge in [-0.1, -0.05) is 0 Å². The quantitative estimate of drug-likeness (QED) is 0.610. The van der Waals surface area contributed by atoms with Crippen LogP contribution in [0.25, 0.3) is 0 Å². The molecule has 0 aliphatic carbocycles. The Bertz CT molecular complexity index is 351. The summed E-state index contributed by atoms with van der Waals surface area (Å²) in [5.74, 6) is -0.559. The molecule has 5 heteroatoms. The fourth-order valence-electron chi connectivity index (χ4n) is 0.738. The first-order valence-electron chi connectivity index (χ1n) is 3.15. The largest absolute Gasteiger partial charge is 0.464 e. The third kappa shape index (κ3) is 1.43. The van der Waals surface area contributed by atoms with Gasteiger partial charge >= 0.3 is 5.97 Å². The standard InChI is InChI=1S/C7H6N2O2S/c1-4-9-6(7(10)11-2)5(3-8)12-4/h1-2H3. The van der Waals surface area contributed by atoms with Gasteiger partial charge in [0.1, 0.15) is 10.9 Å². The summed E-state index contributed by atoms with van der Waals surface area (Å²) in [4.78, 5) is 15.2. The first-order chi connectivity index (χ1) is 5.69. The van der Waals surface area contributed by atoms with E-state index in [-0.39, 0.29) is 5.69 Å². The zero-order chi connectivity index (χ0) is 9.14. The van der Waals surface area contributed by atoms with Crippen molar-refractivity contribution in [2.75, 3.05) is 7.11 Å². The van der Waals surface area contributed by atoms with Crippen LogP contribution in [-0.2, 0) is 4.74 Å². The van der Waals surface area contributed by atoms with Crippen molar-refractivity contribution in [1.29, 1.82) is 5.26 Å². The second-order valence-corrected chi connectivity index (χ2v) is 3.22. The second-order valence-electron chi connectivity index (χ2n) is 2.01. The number of carbonyl (C=O) groups is 1. The second kappa shape index (κ2) is 3.32. The molecule has 1 rings (SSSR count). The van der Waals surface area contributed by atoms with Crippen molar-refractivity contribution < 1.29 is 9.53 Å². The lowest BCUT2D eigenvalue weighted by Gasteiger charge is -1.91. The monoisotopic (exact) mass is 182 g/mol. The fourth-order valence-corrected chi connectivity index (χ4v) is 1.44. The Labute approximate surface area is 73.4 Å². The Hall–Kier alpha value is -1.41. The molecule has 4 nitrogen and oxygen atoms in total. The van der Waals surface area contributed by atoms with Gasteiger partial charge in [-0.05, 0) is 6.92 Å². The SMILES string of the molecule is COC(=O)c1nc(C)sc1C#N. The summed E-state index contributed by atoms with van der Waals surface area (Å²) in [6.45, 7) is 1.73. The van der Waals surface area contributed by atoms with E-state index in [2.05, 4.69) is 9.72 Å². The van der Waals surface area contributed by atoms with Crippen LogP contribution in [-0.4, -0.2) is 18.1 Å². The van der Waals surface area contributed by atoms with E-state index in [4.69, 9.17) is 5.26 Å². The smallest absolute Gasteiger partial charge is 0.358 e. The third-order valence-electron chi connectivity index (χ3n) is 1.21. The molecular weight excluding hydrogens is 176 g/mol. The molecule has 0 unspecified atom stereocenters. The van der Waals surface area contributed by atoms with E-state index < -0.39 is 5.97 Å². The van der Waals surface area contributed by atoms with Crippen molar-refractivity contribution in [3.63, 3.8) is 0 Å². The molecule has 1 aromatic rings. The minimum Gasteiger partial charge on any atom is -0.464 e. The predicted molar refractivity (Wildman–Crippen MR) is 42.9 cm³/mol. The number of methoxy groups -OCH3 is 1. The first kappa shape index (κ1) is 8.68. The molecule has 0 aromatic carbocycles. The molecule has 0 amide bonds. The Kier molecular flexibility index (Phi) is 2.41. The van der Waals surface area contributed by atoms with Crippen molar-refractivity contribution in [2.45, 2.75) is 6.92 Å². The number of hydrogen-bond acceptors (Lipinski definition) is 5. The van der Waals surface area contributed by atoms with Crippen LogP contribution in [0.2, 0.25) is 0 Å². The average molecular weight is 182 g/mol. The molecule has 1 heterocycles. The van der Waals surface area contributed by atoms with E-state index in [1.807, 2.05) is 6.07 Å². The Morgan fingerprint density at radius 1 is 1.75 bits per heavy atom. The van der Waals surface area contributed by atoms with Gasteiger partial charge in [-0.15, -0.1) is 11.3 Å². The molecule has 0 fully saturated rings. The van der Waals surface area contributed by atoms with Gasteiger partial charge in [-0.2, -0.15) is 5.26 Å². The maximum atomic E-state index is 11.0. The summed E-state index contributed by atoms with van der Waals surface area (Å²) >= 11 is 1.18. The van der Waals surface area contributed by atoms with Crippen LogP contribution in [0.15, 0.2) is 0 Å². The van der Waals surface area contributed by atoms with Gasteiger partial charge in [-0.25, -0.2) is 9.78 Å². The minimum absolute atomic E-state index is 0.113. The van der Waals surface area contributed by atoms with Crippen molar-refractivity contribution >= 4 is 17.3 Å². The van der Waals surface area contributed by atoms with E-state index in [1.165, 1.54) is 18.4 Å². The molecule has 62 valence electrons. The summed E-state index contributed by atoms with van der Waals surface area (Å²) < 4.78 is 4.45. The van der Waals surface area contributed by atoms with E-state index in [0.29, 0.717) is 9.88 Å². The number of esters is 1. The molecule has 0 saturated heterocycles. The Morgan fingerprint density at radius 2 is 2.42 bits per heavy atom. The average Bonchev–Trinajstić information content (AvgIpc) is 2.45. The maximum Gasteiger partial charge on any atom is 0.358 e. The lowest BCUT2D eigenvalue weighted by molar-refractivity contribution is 0.0594. The van der Waals surface area contributed by atoms with Crippen LogP contribution in [0.1, 0.15) is 20.4 Å². The van der Waals surface area contributed by atoms with Gasteiger partial charge in [0.15, 0.2) is 5.69 Å². The Balaban J connectivity index is 3.15. The van der Waals surface area contributed by atoms with Crippen LogP contribution >= 0.6 is 11.3 Å². The van der Waals surface area contributed by atoms with Gasteiger partial charge in [0.2, 0.25) is 0 Å². The van der Waals surface area contributed by atoms with E-state index in [1.54, 1.807) is 6.92 Å². The van der Waals surface area contributed by atoms with Gasteiger partial charge in [0.25, 0.3) is 0 Å². The predicted octanol–water partition coefficient (Wildman–Crippen LogP) is 1.11. The van der Waals surface area contributed by atoms with E-state index in [9.17, 15) is 4.79 Å². The van der Waals surface area contributed by atoms with Crippen molar-refractivity contribution in [2.24, 2.45) is 0 Å². The molecule has 0 aliphatic heterocycles. The number of thiazole rings is 1. The van der Waals surface area contributed by atoms with Gasteiger partial charge in [0, 0.05) is 0 Å². The number of rotatable bonds is 1. The zero-order valence-electron chi connectivity index (χ0n) is 6.62. The highest BCUT2D eigenvalue weighted by molar-refractivity contribution is 7.12. The van der Waals surface area contributed by atoms with Gasteiger partial charge in [-0.3, -0.25) is 0 Å². The highest BCUT2D eigenvalue weighted by Gasteiger charge is 2.16. The third-order valence-corrected chi connectivity index (χ3v) is 2.09. The fraction of sp³-hybridized carbons (Fsp3) is 0.286. The van der Waals surface area contributed by atoms with Crippen LogP contribution in [0.4, 0.5) is 0 Å². The molecule has 0 atom stereocenters. The highest BCUT2D eigenvalue weighted by atomic mass is 32.1. The maximum absolute atomic E-state index is 11.0. The topological polar surface area (TPSA) is 63.0 Å². The molecule has 0 radical (unpaired) electrons. The molecule has 0 aliphatic rings. The number of aromatic nitrogens is 1. The summed E-state index contributed by atoms with van der Waals surface area (Å²) in [7, 11) is 1.26. The number of aryl methyl sites for hydroxylation is 1. The molecule has 0 saturated carbocycles. The zero-order valence-corrected chi connectivity index (χ0v) is 7.44. The summed E-state index contributed by atoms with van der Waals surface area (Å²) in [5, 5.41) is 9.28. The van der Waals surface area contributed by atoms with Crippen molar-refractivity contribution in [3.8, 4) is 6.07 Å². The summed E-state index contributed by atoms with van der Waals surface area (Å²) in [6.07, 6.45) is 0.